The molecule has 4 rings (SSSR count). The van der Waals surface area contributed by atoms with Gasteiger partial charge in [0.1, 0.15) is 5.69 Å². The van der Waals surface area contributed by atoms with Gasteiger partial charge in [-0.25, -0.2) is 4.98 Å². The van der Waals surface area contributed by atoms with Crippen molar-refractivity contribution in [2.24, 2.45) is 0 Å². The van der Waals surface area contributed by atoms with Crippen LogP contribution in [0, 0.1) is 0 Å². The predicted octanol–water partition coefficient (Wildman–Crippen LogP) is 2.22. The number of thiazole rings is 1. The second-order valence-corrected chi connectivity index (χ2v) is 9.78. The number of nitrogens with zero attached hydrogens (tertiary/aromatic N) is 3. The normalized spacial score (nSPS) is 18.4. The van der Waals surface area contributed by atoms with Crippen molar-refractivity contribution in [1.29, 1.82) is 0 Å². The Morgan fingerprint density at radius 1 is 1.17 bits per heavy atom. The highest BCUT2D eigenvalue weighted by Crippen LogP contribution is 2.26. The average Bonchev–Trinajstić information content (AvgIpc) is 3.59. The Labute approximate surface area is 215 Å². The monoisotopic (exact) mass is 517 g/mol. The summed E-state index contributed by atoms with van der Waals surface area (Å²) in [5.41, 5.74) is 2.18. The molecule has 11 heteroatoms. The molecule has 1 aromatic carbocycles. The molecule has 10 nitrogen and oxygen atoms in total. The molecule has 0 saturated carbocycles. The highest BCUT2D eigenvalue weighted by molar-refractivity contribution is 7.14. The number of hydrogen-bond acceptors (Lipinski definition) is 9. The van der Waals surface area contributed by atoms with Crippen LogP contribution >= 0.6 is 11.3 Å². The summed E-state index contributed by atoms with van der Waals surface area (Å²) in [5, 5.41) is 8.40. The first kappa shape index (κ1) is 26.5. The van der Waals surface area contributed by atoms with E-state index in [0.29, 0.717) is 56.5 Å². The van der Waals surface area contributed by atoms with Crippen molar-refractivity contribution in [3.8, 4) is 0 Å². The fraction of sp³-hybridized carbons (Fsp3) is 0.560. The van der Waals surface area contributed by atoms with E-state index in [0.717, 1.165) is 43.2 Å². The maximum atomic E-state index is 13.1. The zero-order chi connectivity index (χ0) is 25.3. The summed E-state index contributed by atoms with van der Waals surface area (Å²) in [4.78, 5) is 35.1. The number of rotatable bonds is 11. The zero-order valence-corrected chi connectivity index (χ0v) is 21.8. The molecule has 2 aliphatic rings. The van der Waals surface area contributed by atoms with Crippen LogP contribution in [0.2, 0.25) is 0 Å². The van der Waals surface area contributed by atoms with E-state index in [1.54, 1.807) is 25.7 Å². The molecule has 36 heavy (non-hydrogen) atoms. The first-order chi connectivity index (χ1) is 17.6. The van der Waals surface area contributed by atoms with E-state index in [1.807, 2.05) is 12.1 Å². The Bertz CT molecular complexity index is 1020. The SMILES string of the molecule is COCCNC(=O)c1cc(CN2CCOC[C@@H]2COC)ccc1NC(=O)c1csc(N2CCCC2)n1. The maximum absolute atomic E-state index is 13.1. The number of amides is 2. The first-order valence-corrected chi connectivity index (χ1v) is 13.2. The molecule has 1 aromatic heterocycles. The van der Waals surface area contributed by atoms with Crippen molar-refractivity contribution in [3.05, 3.63) is 40.4 Å². The van der Waals surface area contributed by atoms with Gasteiger partial charge in [-0.2, -0.15) is 0 Å². The van der Waals surface area contributed by atoms with Gasteiger partial charge in [-0.05, 0) is 30.5 Å². The molecule has 0 radical (unpaired) electrons. The van der Waals surface area contributed by atoms with Crippen LogP contribution in [-0.4, -0.2) is 94.6 Å². The number of nitrogens with one attached hydrogen (secondary N) is 2. The predicted molar refractivity (Wildman–Crippen MR) is 139 cm³/mol. The van der Waals surface area contributed by atoms with Gasteiger partial charge in [0.05, 0.1) is 43.7 Å². The summed E-state index contributed by atoms with van der Waals surface area (Å²) < 4.78 is 16.0. The Morgan fingerprint density at radius 2 is 2.00 bits per heavy atom. The maximum Gasteiger partial charge on any atom is 0.275 e. The highest BCUT2D eigenvalue weighted by Gasteiger charge is 2.24. The van der Waals surface area contributed by atoms with E-state index in [-0.39, 0.29) is 17.9 Å². The van der Waals surface area contributed by atoms with E-state index in [9.17, 15) is 9.59 Å². The first-order valence-electron chi connectivity index (χ1n) is 12.3. The molecular weight excluding hydrogens is 482 g/mol. The molecule has 2 amide bonds. The van der Waals surface area contributed by atoms with Crippen LogP contribution in [0.4, 0.5) is 10.8 Å². The van der Waals surface area contributed by atoms with Gasteiger partial charge in [-0.3, -0.25) is 14.5 Å². The van der Waals surface area contributed by atoms with Crippen LogP contribution in [0.25, 0.3) is 0 Å². The Kier molecular flexibility index (Phi) is 9.65. The number of methoxy groups -OCH3 is 2. The van der Waals surface area contributed by atoms with Crippen molar-refractivity contribution in [2.45, 2.75) is 25.4 Å². The lowest BCUT2D eigenvalue weighted by molar-refractivity contribution is -0.0387. The number of hydrogen-bond donors (Lipinski definition) is 2. The van der Waals surface area contributed by atoms with Crippen molar-refractivity contribution >= 4 is 34.0 Å². The topological polar surface area (TPSA) is 105 Å². The summed E-state index contributed by atoms with van der Waals surface area (Å²) in [6.07, 6.45) is 2.29. The molecule has 196 valence electrons. The number of anilines is 2. The highest BCUT2D eigenvalue weighted by atomic mass is 32.1. The van der Waals surface area contributed by atoms with Crippen molar-refractivity contribution in [1.82, 2.24) is 15.2 Å². The number of carbonyl (C=O) groups excluding carboxylic acids is 2. The Hall–Kier alpha value is -2.57. The Morgan fingerprint density at radius 3 is 2.78 bits per heavy atom. The van der Waals surface area contributed by atoms with Gasteiger partial charge < -0.3 is 29.7 Å². The number of morpholine rings is 1. The van der Waals surface area contributed by atoms with Gasteiger partial charge in [0.25, 0.3) is 11.8 Å². The van der Waals surface area contributed by atoms with Crippen LogP contribution in [0.15, 0.2) is 23.6 Å². The summed E-state index contributed by atoms with van der Waals surface area (Å²) in [6, 6.07) is 5.72. The van der Waals surface area contributed by atoms with Crippen molar-refractivity contribution in [2.75, 3.05) is 77.0 Å². The standard InChI is InChI=1S/C25H35N5O5S/c1-33-11-7-26-23(31)20-13-18(14-30-10-12-35-16-19(30)15-34-2)5-6-21(20)27-24(32)22-17-36-25(28-22)29-8-3-4-9-29/h5-6,13,17,19H,3-4,7-12,14-16H2,1-2H3,(H,26,31)(H,27,32)/t19-/m0/s1. The fourth-order valence-corrected chi connectivity index (χ4v) is 5.29. The molecule has 0 spiro atoms. The number of aromatic nitrogens is 1. The molecule has 0 aliphatic carbocycles. The van der Waals surface area contributed by atoms with E-state index in [4.69, 9.17) is 14.2 Å². The second kappa shape index (κ2) is 13.1. The number of benzene rings is 1. The molecule has 1 atom stereocenters. The summed E-state index contributed by atoms with van der Waals surface area (Å²) in [6.45, 7) is 5.98. The molecular formula is C25H35N5O5S. The third-order valence-electron chi connectivity index (χ3n) is 6.36. The molecule has 2 aliphatic heterocycles. The van der Waals surface area contributed by atoms with Crippen LogP contribution in [-0.2, 0) is 20.8 Å². The van der Waals surface area contributed by atoms with Gasteiger partial charge in [0.2, 0.25) is 0 Å². The lowest BCUT2D eigenvalue weighted by atomic mass is 10.1. The van der Waals surface area contributed by atoms with Gasteiger partial charge in [-0.1, -0.05) is 6.07 Å². The third-order valence-corrected chi connectivity index (χ3v) is 7.27. The molecule has 2 aromatic rings. The second-order valence-electron chi connectivity index (χ2n) is 8.95. The lowest BCUT2D eigenvalue weighted by Crippen LogP contribution is -2.47. The zero-order valence-electron chi connectivity index (χ0n) is 21.0. The van der Waals surface area contributed by atoms with E-state index < -0.39 is 0 Å². The van der Waals surface area contributed by atoms with Gasteiger partial charge in [-0.15, -0.1) is 11.3 Å². The number of carbonyl (C=O) groups is 2. The average molecular weight is 518 g/mol. The van der Waals surface area contributed by atoms with Gasteiger partial charge in [0.15, 0.2) is 5.13 Å². The van der Waals surface area contributed by atoms with E-state index >= 15 is 0 Å². The van der Waals surface area contributed by atoms with E-state index in [1.165, 1.54) is 11.3 Å². The molecule has 2 saturated heterocycles. The minimum Gasteiger partial charge on any atom is -0.383 e. The smallest absolute Gasteiger partial charge is 0.275 e. The number of ether oxygens (including phenoxy) is 3. The minimum atomic E-state index is -0.330. The summed E-state index contributed by atoms with van der Waals surface area (Å²) in [5.74, 6) is -0.598. The fourth-order valence-electron chi connectivity index (χ4n) is 4.43. The molecule has 0 unspecified atom stereocenters. The minimum absolute atomic E-state index is 0.150. The van der Waals surface area contributed by atoms with Gasteiger partial charge in [0, 0.05) is 52.3 Å². The van der Waals surface area contributed by atoms with Crippen LogP contribution in [0.1, 0.15) is 39.3 Å². The Balaban J connectivity index is 1.51. The summed E-state index contributed by atoms with van der Waals surface area (Å²) in [7, 11) is 3.27. The van der Waals surface area contributed by atoms with Crippen molar-refractivity contribution < 1.29 is 23.8 Å². The van der Waals surface area contributed by atoms with Gasteiger partial charge >= 0.3 is 0 Å². The largest absolute Gasteiger partial charge is 0.383 e. The quantitative estimate of drug-likeness (QED) is 0.437. The molecule has 0 bridgehead atoms. The molecule has 2 fully saturated rings. The van der Waals surface area contributed by atoms with Crippen molar-refractivity contribution in [3.63, 3.8) is 0 Å². The third kappa shape index (κ3) is 6.80. The van der Waals surface area contributed by atoms with Crippen LogP contribution < -0.4 is 15.5 Å². The molecule has 2 N–H and O–H groups in total. The summed E-state index contributed by atoms with van der Waals surface area (Å²) >= 11 is 1.47. The van der Waals surface area contributed by atoms with Crippen LogP contribution in [0.3, 0.4) is 0 Å². The van der Waals surface area contributed by atoms with Crippen LogP contribution in [0.5, 0.6) is 0 Å². The lowest BCUT2D eigenvalue weighted by Gasteiger charge is -2.35. The van der Waals surface area contributed by atoms with E-state index in [2.05, 4.69) is 25.4 Å². The molecule has 3 heterocycles.